The molecule has 0 spiro atoms. The Morgan fingerprint density at radius 2 is 1.74 bits per heavy atom. The third-order valence-corrected chi connectivity index (χ3v) is 5.94. The molecule has 1 saturated carbocycles. The van der Waals surface area contributed by atoms with Gasteiger partial charge in [-0.3, -0.25) is 0 Å². The Morgan fingerprint density at radius 3 is 2.39 bits per heavy atom. The van der Waals surface area contributed by atoms with E-state index in [0.29, 0.717) is 5.92 Å². The summed E-state index contributed by atoms with van der Waals surface area (Å²) < 4.78 is 5.45. The zero-order valence-corrected chi connectivity index (χ0v) is 14.7. The highest BCUT2D eigenvalue weighted by atomic mass is 35.5. The van der Waals surface area contributed by atoms with E-state index < -0.39 is 5.60 Å². The van der Waals surface area contributed by atoms with E-state index in [4.69, 9.17) is 16.3 Å². The van der Waals surface area contributed by atoms with Crippen molar-refractivity contribution in [2.75, 3.05) is 32.8 Å². The molecule has 1 heterocycles. The fourth-order valence-corrected chi connectivity index (χ4v) is 4.31. The summed E-state index contributed by atoms with van der Waals surface area (Å²) in [6.07, 6.45) is 6.89. The fourth-order valence-electron chi connectivity index (χ4n) is 4.18. The van der Waals surface area contributed by atoms with Gasteiger partial charge in [-0.1, -0.05) is 43.0 Å². The van der Waals surface area contributed by atoms with E-state index in [1.165, 1.54) is 19.3 Å². The Kier molecular flexibility index (Phi) is 5.97. The van der Waals surface area contributed by atoms with E-state index in [1.807, 2.05) is 24.3 Å². The smallest absolute Gasteiger partial charge is 0.101 e. The largest absolute Gasteiger partial charge is 0.385 e. The molecule has 1 aromatic carbocycles. The number of aliphatic hydroxyl groups is 1. The van der Waals surface area contributed by atoms with Crippen LogP contribution in [0.3, 0.4) is 0 Å². The molecule has 3 rings (SSSR count). The maximum atomic E-state index is 11.6. The van der Waals surface area contributed by atoms with Gasteiger partial charge in [0.1, 0.15) is 13.1 Å². The first-order valence-corrected chi connectivity index (χ1v) is 9.46. The van der Waals surface area contributed by atoms with Crippen LogP contribution in [0, 0.1) is 5.92 Å². The third-order valence-electron chi connectivity index (χ3n) is 5.68. The van der Waals surface area contributed by atoms with Gasteiger partial charge in [0, 0.05) is 11.4 Å². The summed E-state index contributed by atoms with van der Waals surface area (Å²) in [4.78, 5) is 1.56. The molecule has 2 N–H and O–H groups in total. The van der Waals surface area contributed by atoms with Crippen molar-refractivity contribution in [2.45, 2.75) is 44.1 Å². The molecule has 4 heteroatoms. The fraction of sp³-hybridized carbons (Fsp3) is 0.684. The number of ether oxygens (including phenoxy) is 1. The van der Waals surface area contributed by atoms with Gasteiger partial charge in [-0.05, 0) is 36.5 Å². The number of benzene rings is 1. The Hall–Kier alpha value is -0.610. The van der Waals surface area contributed by atoms with E-state index in [0.717, 1.165) is 62.7 Å². The Balaban J connectivity index is 1.75. The minimum Gasteiger partial charge on any atom is -0.385 e. The van der Waals surface area contributed by atoms with E-state index in [9.17, 15) is 5.11 Å². The average molecular weight is 339 g/mol. The molecular formula is C19H29ClNO2+. The lowest BCUT2D eigenvalue weighted by Gasteiger charge is -2.40. The van der Waals surface area contributed by atoms with Crippen molar-refractivity contribution in [3.63, 3.8) is 0 Å². The molecule has 23 heavy (non-hydrogen) atoms. The number of morpholine rings is 1. The topological polar surface area (TPSA) is 33.9 Å². The number of hydrogen-bond acceptors (Lipinski definition) is 2. The average Bonchev–Trinajstić information content (AvgIpc) is 2.62. The Morgan fingerprint density at radius 1 is 1.09 bits per heavy atom. The summed E-state index contributed by atoms with van der Waals surface area (Å²) in [5.41, 5.74) is 0.331. The summed E-state index contributed by atoms with van der Waals surface area (Å²) in [6.45, 7) is 4.82. The minimum absolute atomic E-state index is 0.373. The molecule has 1 aliphatic carbocycles. The van der Waals surface area contributed by atoms with E-state index >= 15 is 0 Å². The number of rotatable bonds is 5. The van der Waals surface area contributed by atoms with Crippen molar-refractivity contribution in [1.29, 1.82) is 0 Å². The van der Waals surface area contributed by atoms with Crippen molar-refractivity contribution >= 4 is 11.6 Å². The summed E-state index contributed by atoms with van der Waals surface area (Å²) in [6, 6.07) is 7.86. The van der Waals surface area contributed by atoms with E-state index in [1.54, 1.807) is 4.90 Å². The van der Waals surface area contributed by atoms with Crippen molar-refractivity contribution in [2.24, 2.45) is 5.92 Å². The van der Waals surface area contributed by atoms with Crippen LogP contribution in [0.25, 0.3) is 0 Å². The van der Waals surface area contributed by atoms with Crippen LogP contribution < -0.4 is 4.90 Å². The second-order valence-electron chi connectivity index (χ2n) is 7.13. The highest BCUT2D eigenvalue weighted by molar-refractivity contribution is 6.30. The highest BCUT2D eigenvalue weighted by Gasteiger charge is 2.39. The predicted molar refractivity (Wildman–Crippen MR) is 92.9 cm³/mol. The van der Waals surface area contributed by atoms with Gasteiger partial charge in [0.05, 0.1) is 25.4 Å². The van der Waals surface area contributed by atoms with Gasteiger partial charge in [-0.15, -0.1) is 0 Å². The van der Waals surface area contributed by atoms with Crippen LogP contribution in [0.5, 0.6) is 0 Å². The van der Waals surface area contributed by atoms with E-state index in [-0.39, 0.29) is 0 Å². The Bertz CT molecular complexity index is 481. The molecule has 1 aliphatic heterocycles. The van der Waals surface area contributed by atoms with Crippen LogP contribution in [0.1, 0.15) is 44.1 Å². The summed E-state index contributed by atoms with van der Waals surface area (Å²) in [7, 11) is 0. The molecule has 2 aliphatic rings. The minimum atomic E-state index is -0.712. The van der Waals surface area contributed by atoms with Gasteiger partial charge in [-0.25, -0.2) is 0 Å². The quantitative estimate of drug-likeness (QED) is 0.864. The van der Waals surface area contributed by atoms with Crippen LogP contribution in [-0.2, 0) is 10.3 Å². The first-order chi connectivity index (χ1) is 11.2. The summed E-state index contributed by atoms with van der Waals surface area (Å²) in [5, 5.41) is 12.4. The van der Waals surface area contributed by atoms with Gasteiger partial charge in [0.25, 0.3) is 0 Å². The van der Waals surface area contributed by atoms with Gasteiger partial charge in [0.2, 0.25) is 0 Å². The number of halogens is 1. The zero-order valence-electron chi connectivity index (χ0n) is 13.9. The second-order valence-corrected chi connectivity index (χ2v) is 7.56. The van der Waals surface area contributed by atoms with E-state index in [2.05, 4.69) is 0 Å². The van der Waals surface area contributed by atoms with Crippen LogP contribution >= 0.6 is 11.6 Å². The first kappa shape index (κ1) is 17.2. The molecule has 0 bridgehead atoms. The number of quaternary nitrogens is 1. The van der Waals surface area contributed by atoms with Gasteiger partial charge < -0.3 is 14.7 Å². The summed E-state index contributed by atoms with van der Waals surface area (Å²) in [5.74, 6) is 0.373. The highest BCUT2D eigenvalue weighted by Crippen LogP contribution is 2.41. The maximum Gasteiger partial charge on any atom is 0.101 e. The lowest BCUT2D eigenvalue weighted by Crippen LogP contribution is -3.14. The molecule has 1 saturated heterocycles. The molecule has 128 valence electrons. The standard InChI is InChI=1S/C19H28ClNO2/c20-18-8-6-17(7-9-18)19(22,16-4-2-1-3-5-16)10-11-21-12-14-23-15-13-21/h6-9,16,22H,1-5,10-15H2/p+1/t19-/m1/s1. The molecule has 3 nitrogen and oxygen atoms in total. The van der Waals surface area contributed by atoms with Gasteiger partial charge in [-0.2, -0.15) is 0 Å². The number of hydrogen-bond donors (Lipinski definition) is 2. The van der Waals surface area contributed by atoms with Gasteiger partial charge >= 0.3 is 0 Å². The van der Waals surface area contributed by atoms with Gasteiger partial charge in [0.15, 0.2) is 0 Å². The second kappa shape index (κ2) is 7.98. The third kappa shape index (κ3) is 4.27. The molecule has 0 amide bonds. The molecular weight excluding hydrogens is 310 g/mol. The van der Waals surface area contributed by atoms with Crippen molar-refractivity contribution in [3.05, 3.63) is 34.9 Å². The molecule has 1 aromatic rings. The molecule has 0 unspecified atom stereocenters. The zero-order chi connectivity index (χ0) is 16.1. The molecule has 0 aromatic heterocycles. The van der Waals surface area contributed by atoms with Crippen LogP contribution in [0.15, 0.2) is 24.3 Å². The molecule has 0 radical (unpaired) electrons. The lowest BCUT2D eigenvalue weighted by molar-refractivity contribution is -0.909. The van der Waals surface area contributed by atoms with Crippen molar-refractivity contribution < 1.29 is 14.7 Å². The van der Waals surface area contributed by atoms with Crippen LogP contribution in [0.2, 0.25) is 5.02 Å². The van der Waals surface area contributed by atoms with Crippen LogP contribution in [-0.4, -0.2) is 38.0 Å². The van der Waals surface area contributed by atoms with Crippen molar-refractivity contribution in [3.8, 4) is 0 Å². The first-order valence-electron chi connectivity index (χ1n) is 9.08. The molecule has 1 atom stereocenters. The SMILES string of the molecule is O[C@@](CC[NH+]1CCOCC1)(c1ccc(Cl)cc1)C1CCCCC1. The van der Waals surface area contributed by atoms with Crippen LogP contribution in [0.4, 0.5) is 0 Å². The monoisotopic (exact) mass is 338 g/mol. The normalized spacial score (nSPS) is 23.6. The maximum absolute atomic E-state index is 11.6. The summed E-state index contributed by atoms with van der Waals surface area (Å²) >= 11 is 6.05. The predicted octanol–water partition coefficient (Wildman–Crippen LogP) is 2.41. The number of nitrogens with one attached hydrogen (secondary N) is 1. The lowest BCUT2D eigenvalue weighted by atomic mass is 9.71. The van der Waals surface area contributed by atoms with Crippen molar-refractivity contribution in [1.82, 2.24) is 0 Å². The molecule has 2 fully saturated rings. The Labute approximate surface area is 144 Å².